The predicted molar refractivity (Wildman–Crippen MR) is 140 cm³/mol. The monoisotopic (exact) mass is 465 g/mol. The van der Waals surface area contributed by atoms with Gasteiger partial charge in [0.05, 0.1) is 11.4 Å². The lowest BCUT2D eigenvalue weighted by molar-refractivity contribution is 0.102. The second kappa shape index (κ2) is 10.7. The Morgan fingerprint density at radius 3 is 2.11 bits per heavy atom. The molecule has 0 atom stereocenters. The van der Waals surface area contributed by atoms with E-state index in [4.69, 9.17) is 0 Å². The summed E-state index contributed by atoms with van der Waals surface area (Å²) in [6, 6.07) is 24.3. The standard InChI is InChI=1S/C29H31N5O/c1-22-26(21-34-18-16-33(17-19-34)20-23-8-4-2-5-9-23)28(27(31-22)24-10-6-3-7-11-24)32-29(35)25-12-14-30-15-13-25/h2-15,31H,16-21H2,1H3,(H,32,35). The minimum Gasteiger partial charge on any atom is -0.357 e. The summed E-state index contributed by atoms with van der Waals surface area (Å²) in [5.74, 6) is -0.127. The molecule has 2 aromatic carbocycles. The molecule has 0 unspecified atom stereocenters. The zero-order chi connectivity index (χ0) is 24.0. The first-order valence-electron chi connectivity index (χ1n) is 12.1. The number of aryl methyl sites for hydroxylation is 1. The number of amides is 1. The number of benzene rings is 2. The van der Waals surface area contributed by atoms with E-state index in [1.165, 1.54) is 5.56 Å². The lowest BCUT2D eigenvalue weighted by atomic mass is 10.1. The molecule has 1 aliphatic rings. The maximum atomic E-state index is 13.1. The SMILES string of the molecule is Cc1[nH]c(-c2ccccc2)c(NC(=O)c2ccncc2)c1CN1CCN(Cc2ccccc2)CC1. The molecule has 3 heterocycles. The minimum atomic E-state index is -0.127. The molecule has 4 aromatic rings. The maximum Gasteiger partial charge on any atom is 0.255 e. The van der Waals surface area contributed by atoms with Crippen molar-refractivity contribution in [1.29, 1.82) is 0 Å². The summed E-state index contributed by atoms with van der Waals surface area (Å²) in [7, 11) is 0. The third-order valence-corrected chi connectivity index (χ3v) is 6.66. The quantitative estimate of drug-likeness (QED) is 0.405. The van der Waals surface area contributed by atoms with Crippen LogP contribution in [-0.2, 0) is 13.1 Å². The number of carbonyl (C=O) groups is 1. The van der Waals surface area contributed by atoms with Gasteiger partial charge in [-0.15, -0.1) is 0 Å². The maximum absolute atomic E-state index is 13.1. The normalized spacial score (nSPS) is 14.7. The molecule has 6 heteroatoms. The van der Waals surface area contributed by atoms with Gasteiger partial charge in [-0.3, -0.25) is 19.6 Å². The molecule has 1 fully saturated rings. The van der Waals surface area contributed by atoms with Crippen LogP contribution in [-0.4, -0.2) is 51.9 Å². The highest BCUT2D eigenvalue weighted by atomic mass is 16.1. The molecule has 1 saturated heterocycles. The van der Waals surface area contributed by atoms with Gasteiger partial charge in [-0.05, 0) is 24.6 Å². The van der Waals surface area contributed by atoms with Gasteiger partial charge in [0.25, 0.3) is 5.91 Å². The number of pyridine rings is 1. The van der Waals surface area contributed by atoms with Gasteiger partial charge in [-0.2, -0.15) is 0 Å². The summed E-state index contributed by atoms with van der Waals surface area (Å²) >= 11 is 0. The van der Waals surface area contributed by atoms with Crippen LogP contribution in [0.5, 0.6) is 0 Å². The number of hydrogen-bond acceptors (Lipinski definition) is 4. The molecule has 0 aliphatic carbocycles. The highest BCUT2D eigenvalue weighted by molar-refractivity contribution is 6.06. The average Bonchev–Trinajstić information content (AvgIpc) is 3.21. The van der Waals surface area contributed by atoms with E-state index in [1.54, 1.807) is 24.5 Å². The minimum absolute atomic E-state index is 0.127. The molecule has 0 spiro atoms. The van der Waals surface area contributed by atoms with Gasteiger partial charge in [0.2, 0.25) is 0 Å². The molecule has 5 rings (SSSR count). The smallest absolute Gasteiger partial charge is 0.255 e. The molecule has 1 amide bonds. The van der Waals surface area contributed by atoms with Crippen LogP contribution in [0, 0.1) is 6.92 Å². The largest absolute Gasteiger partial charge is 0.357 e. The molecule has 0 radical (unpaired) electrons. The van der Waals surface area contributed by atoms with E-state index in [2.05, 4.69) is 74.5 Å². The fraction of sp³-hybridized carbons (Fsp3) is 0.241. The Balaban J connectivity index is 1.34. The fourth-order valence-electron chi connectivity index (χ4n) is 4.68. The van der Waals surface area contributed by atoms with Crippen molar-refractivity contribution in [3.05, 3.63) is 108 Å². The van der Waals surface area contributed by atoms with Crippen molar-refractivity contribution in [3.8, 4) is 11.3 Å². The van der Waals surface area contributed by atoms with Crippen LogP contribution in [0.25, 0.3) is 11.3 Å². The third-order valence-electron chi connectivity index (χ3n) is 6.66. The van der Waals surface area contributed by atoms with Crippen LogP contribution in [0.4, 0.5) is 5.69 Å². The Kier molecular flexibility index (Phi) is 7.02. The number of H-pyrrole nitrogens is 1. The Hall–Kier alpha value is -3.74. The van der Waals surface area contributed by atoms with E-state index < -0.39 is 0 Å². The van der Waals surface area contributed by atoms with Gasteiger partial charge in [-0.1, -0.05) is 60.7 Å². The van der Waals surface area contributed by atoms with Gasteiger partial charge >= 0.3 is 0 Å². The van der Waals surface area contributed by atoms with Gasteiger partial charge in [0.1, 0.15) is 0 Å². The number of nitrogens with zero attached hydrogens (tertiary/aromatic N) is 3. The highest BCUT2D eigenvalue weighted by Gasteiger charge is 2.23. The molecular formula is C29H31N5O. The number of aromatic amines is 1. The second-order valence-corrected chi connectivity index (χ2v) is 9.07. The molecular weight excluding hydrogens is 434 g/mol. The molecule has 0 saturated carbocycles. The van der Waals surface area contributed by atoms with E-state index in [9.17, 15) is 4.79 Å². The number of rotatable bonds is 7. The van der Waals surface area contributed by atoms with E-state index in [1.807, 2.05) is 18.2 Å². The van der Waals surface area contributed by atoms with E-state index in [0.29, 0.717) is 5.56 Å². The van der Waals surface area contributed by atoms with Crippen LogP contribution >= 0.6 is 0 Å². The summed E-state index contributed by atoms with van der Waals surface area (Å²) in [6.45, 7) is 7.93. The van der Waals surface area contributed by atoms with Crippen molar-refractivity contribution in [2.75, 3.05) is 31.5 Å². The van der Waals surface area contributed by atoms with Gasteiger partial charge in [-0.25, -0.2) is 0 Å². The van der Waals surface area contributed by atoms with E-state index in [0.717, 1.165) is 67.5 Å². The van der Waals surface area contributed by atoms with Crippen LogP contribution in [0.1, 0.15) is 27.2 Å². The van der Waals surface area contributed by atoms with Crippen molar-refractivity contribution >= 4 is 11.6 Å². The molecule has 35 heavy (non-hydrogen) atoms. The summed E-state index contributed by atoms with van der Waals surface area (Å²) in [5.41, 5.74) is 7.04. The first-order valence-corrected chi connectivity index (χ1v) is 12.1. The van der Waals surface area contributed by atoms with E-state index >= 15 is 0 Å². The number of carbonyl (C=O) groups excluding carboxylic acids is 1. The molecule has 1 aliphatic heterocycles. The Bertz CT molecular complexity index is 1250. The van der Waals surface area contributed by atoms with Crippen LogP contribution in [0.15, 0.2) is 85.2 Å². The lowest BCUT2D eigenvalue weighted by Gasteiger charge is -2.35. The van der Waals surface area contributed by atoms with Crippen molar-refractivity contribution < 1.29 is 4.79 Å². The fourth-order valence-corrected chi connectivity index (χ4v) is 4.68. The van der Waals surface area contributed by atoms with Gasteiger partial charge < -0.3 is 10.3 Å². The molecule has 2 aromatic heterocycles. The first-order chi connectivity index (χ1) is 17.2. The first kappa shape index (κ1) is 23.0. The van der Waals surface area contributed by atoms with Crippen molar-refractivity contribution in [1.82, 2.24) is 19.8 Å². The van der Waals surface area contributed by atoms with Crippen LogP contribution in [0.3, 0.4) is 0 Å². The number of anilines is 1. The third kappa shape index (κ3) is 5.50. The number of piperazine rings is 1. The number of nitrogens with one attached hydrogen (secondary N) is 2. The highest BCUT2D eigenvalue weighted by Crippen LogP contribution is 2.34. The number of aromatic nitrogens is 2. The lowest BCUT2D eigenvalue weighted by Crippen LogP contribution is -2.45. The summed E-state index contributed by atoms with van der Waals surface area (Å²) in [4.78, 5) is 25.7. The van der Waals surface area contributed by atoms with Crippen LogP contribution < -0.4 is 5.32 Å². The Labute approximate surface area is 206 Å². The summed E-state index contributed by atoms with van der Waals surface area (Å²) in [6.07, 6.45) is 3.29. The van der Waals surface area contributed by atoms with Gasteiger partial charge in [0.15, 0.2) is 0 Å². The zero-order valence-electron chi connectivity index (χ0n) is 20.1. The summed E-state index contributed by atoms with van der Waals surface area (Å²) < 4.78 is 0. The van der Waals surface area contributed by atoms with Crippen molar-refractivity contribution in [2.24, 2.45) is 0 Å². The summed E-state index contributed by atoms with van der Waals surface area (Å²) in [5, 5.41) is 3.21. The van der Waals surface area contributed by atoms with Crippen LogP contribution in [0.2, 0.25) is 0 Å². The van der Waals surface area contributed by atoms with Crippen molar-refractivity contribution in [3.63, 3.8) is 0 Å². The molecule has 2 N–H and O–H groups in total. The molecule has 6 nitrogen and oxygen atoms in total. The molecule has 178 valence electrons. The topological polar surface area (TPSA) is 64.3 Å². The average molecular weight is 466 g/mol. The zero-order valence-corrected chi connectivity index (χ0v) is 20.1. The molecule has 0 bridgehead atoms. The predicted octanol–water partition coefficient (Wildman–Crippen LogP) is 4.96. The van der Waals surface area contributed by atoms with Crippen molar-refractivity contribution in [2.45, 2.75) is 20.0 Å². The Morgan fingerprint density at radius 2 is 1.46 bits per heavy atom. The van der Waals surface area contributed by atoms with Gasteiger partial charge in [0, 0.05) is 74.0 Å². The second-order valence-electron chi connectivity index (χ2n) is 9.07. The van der Waals surface area contributed by atoms with E-state index in [-0.39, 0.29) is 5.91 Å². The Morgan fingerprint density at radius 1 is 0.857 bits per heavy atom. The number of hydrogen-bond donors (Lipinski definition) is 2.